The molecule has 0 aromatic carbocycles. The monoisotopic (exact) mass is 584 g/mol. The van der Waals surface area contributed by atoms with Crippen LogP contribution in [0.2, 0.25) is 0 Å². The van der Waals surface area contributed by atoms with Crippen molar-refractivity contribution in [3.8, 4) is 0 Å². The number of likely N-dealkylation sites (N-methyl/N-ethyl adjacent to an activating group) is 1. The normalized spacial score (nSPS) is 13.3. The summed E-state index contributed by atoms with van der Waals surface area (Å²) in [6, 6.07) is -0.606. The van der Waals surface area contributed by atoms with Gasteiger partial charge in [-0.15, -0.1) is 0 Å². The highest BCUT2D eigenvalue weighted by Gasteiger charge is 2.31. The Morgan fingerprint density at radius 2 is 1.27 bits per heavy atom. The van der Waals surface area contributed by atoms with Gasteiger partial charge in [-0.3, -0.25) is 9.59 Å². The molecule has 41 heavy (non-hydrogen) atoms. The van der Waals surface area contributed by atoms with E-state index >= 15 is 0 Å². The topological polar surface area (TPSA) is 99.1 Å². The minimum Gasteiger partial charge on any atom is -0.477 e. The predicted octanol–water partition coefficient (Wildman–Crippen LogP) is 7.24. The average molecular weight is 585 g/mol. The number of carbonyl (C=O) groups excluding carboxylic acids is 2. The summed E-state index contributed by atoms with van der Waals surface area (Å²) in [5.74, 6) is -1.58. The maximum Gasteiger partial charge on any atom is 0.362 e. The van der Waals surface area contributed by atoms with Crippen molar-refractivity contribution >= 4 is 17.9 Å². The van der Waals surface area contributed by atoms with Gasteiger partial charge in [0.25, 0.3) is 0 Å². The number of hydrogen-bond acceptors (Lipinski definition) is 6. The summed E-state index contributed by atoms with van der Waals surface area (Å²) in [7, 11) is 5.47. The molecule has 0 rings (SSSR count). The Kier molecular flexibility index (Phi) is 24.5. The third-order valence-electron chi connectivity index (χ3n) is 7.22. The molecule has 0 aromatic heterocycles. The van der Waals surface area contributed by atoms with Crippen LogP contribution in [0.3, 0.4) is 0 Å². The summed E-state index contributed by atoms with van der Waals surface area (Å²) < 4.78 is 16.6. The van der Waals surface area contributed by atoms with Gasteiger partial charge in [-0.05, 0) is 32.1 Å². The quantitative estimate of drug-likeness (QED) is 0.0448. The Bertz CT molecular complexity index is 702. The summed E-state index contributed by atoms with van der Waals surface area (Å²) >= 11 is 0. The summed E-state index contributed by atoms with van der Waals surface area (Å²) in [6.07, 6.45) is 23.2. The maximum atomic E-state index is 12.4. The second-order valence-electron chi connectivity index (χ2n) is 12.0. The number of rotatable bonds is 28. The number of carbonyl (C=O) groups is 3. The molecule has 2 atom stereocenters. The lowest BCUT2D eigenvalue weighted by Crippen LogP contribution is -2.50. The lowest BCUT2D eigenvalue weighted by atomic mass is 10.1. The number of quaternary nitrogens is 1. The fourth-order valence-electron chi connectivity index (χ4n) is 4.59. The van der Waals surface area contributed by atoms with E-state index in [4.69, 9.17) is 14.2 Å². The zero-order valence-electron chi connectivity index (χ0n) is 27.0. The number of hydrogen-bond donors (Lipinski definition) is 1. The molecule has 240 valence electrons. The Hall–Kier alpha value is -1.93. The van der Waals surface area contributed by atoms with Crippen LogP contribution in [0.15, 0.2) is 12.2 Å². The number of nitrogens with zero attached hydrogens (tertiary/aromatic N) is 1. The Morgan fingerprint density at radius 1 is 0.732 bits per heavy atom. The number of esters is 2. The largest absolute Gasteiger partial charge is 0.477 e. The molecular weight excluding hydrogens is 522 g/mol. The third-order valence-corrected chi connectivity index (χ3v) is 7.22. The molecule has 0 amide bonds. The molecule has 0 bridgehead atoms. The van der Waals surface area contributed by atoms with Crippen molar-refractivity contribution in [3.63, 3.8) is 0 Å². The number of allylic oxidation sites excluding steroid dienone is 2. The molecule has 8 nitrogen and oxygen atoms in total. The highest BCUT2D eigenvalue weighted by molar-refractivity contribution is 5.72. The number of ether oxygens (including phenoxy) is 3. The molecule has 0 aliphatic carbocycles. The van der Waals surface area contributed by atoms with Crippen molar-refractivity contribution in [1.29, 1.82) is 0 Å². The van der Waals surface area contributed by atoms with E-state index in [9.17, 15) is 19.5 Å². The van der Waals surface area contributed by atoms with Crippen molar-refractivity contribution in [1.82, 2.24) is 0 Å². The summed E-state index contributed by atoms with van der Waals surface area (Å²) in [5.41, 5.74) is 0. The molecule has 0 aliphatic rings. The highest BCUT2D eigenvalue weighted by Crippen LogP contribution is 2.13. The van der Waals surface area contributed by atoms with Crippen molar-refractivity contribution in [2.24, 2.45) is 0 Å². The Morgan fingerprint density at radius 3 is 1.78 bits per heavy atom. The van der Waals surface area contributed by atoms with E-state index < -0.39 is 18.1 Å². The molecule has 0 spiro atoms. The first-order chi connectivity index (χ1) is 19.6. The summed E-state index contributed by atoms with van der Waals surface area (Å²) in [6.45, 7) is 4.15. The smallest absolute Gasteiger partial charge is 0.362 e. The lowest BCUT2D eigenvalue weighted by molar-refractivity contribution is -0.887. The highest BCUT2D eigenvalue weighted by atomic mass is 16.6. The van der Waals surface area contributed by atoms with Gasteiger partial charge >= 0.3 is 17.9 Å². The van der Waals surface area contributed by atoms with Crippen molar-refractivity contribution in [2.45, 2.75) is 142 Å². The van der Waals surface area contributed by atoms with Gasteiger partial charge in [0.1, 0.15) is 6.61 Å². The Labute approximate surface area is 250 Å². The van der Waals surface area contributed by atoms with Gasteiger partial charge in [0.05, 0.1) is 34.4 Å². The lowest BCUT2D eigenvalue weighted by Gasteiger charge is -2.31. The van der Waals surface area contributed by atoms with E-state index in [2.05, 4.69) is 19.1 Å². The van der Waals surface area contributed by atoms with Crippen LogP contribution in [-0.4, -0.2) is 80.6 Å². The van der Waals surface area contributed by atoms with Gasteiger partial charge in [0, 0.05) is 19.3 Å². The van der Waals surface area contributed by atoms with Gasteiger partial charge in [-0.2, -0.15) is 0 Å². The minimum absolute atomic E-state index is 0.0560. The molecule has 0 aromatic rings. The molecule has 0 heterocycles. The molecule has 0 saturated heterocycles. The number of aliphatic carboxylic acids is 1. The van der Waals surface area contributed by atoms with Crippen LogP contribution >= 0.6 is 0 Å². The van der Waals surface area contributed by atoms with Crippen LogP contribution in [0, 0.1) is 0 Å². The molecule has 0 fully saturated rings. The van der Waals surface area contributed by atoms with E-state index in [1.165, 1.54) is 77.0 Å². The van der Waals surface area contributed by atoms with E-state index in [0.29, 0.717) is 12.8 Å². The SMILES string of the molecule is CCCCCCCC/C=C\CCCCCCCCCC(=O)OC(COCCC(C(=O)O)[N+](C)(C)C)COC(=O)CC. The van der Waals surface area contributed by atoms with Gasteiger partial charge in [-0.25, -0.2) is 4.79 Å². The molecule has 8 heteroatoms. The molecule has 0 aliphatic heterocycles. The Balaban J connectivity index is 4.03. The summed E-state index contributed by atoms with van der Waals surface area (Å²) in [5, 5.41) is 9.45. The van der Waals surface area contributed by atoms with Crippen LogP contribution < -0.4 is 0 Å². The van der Waals surface area contributed by atoms with Crippen LogP contribution in [-0.2, 0) is 28.6 Å². The molecule has 2 unspecified atom stereocenters. The summed E-state index contributed by atoms with van der Waals surface area (Å²) in [4.78, 5) is 35.5. The first-order valence-corrected chi connectivity index (χ1v) is 16.2. The first kappa shape index (κ1) is 39.1. The number of carboxylic acid groups (broad SMARTS) is 1. The number of carboxylic acids is 1. The predicted molar refractivity (Wildman–Crippen MR) is 165 cm³/mol. The van der Waals surface area contributed by atoms with Crippen molar-refractivity contribution in [2.75, 3.05) is 41.0 Å². The standard InChI is InChI=1S/C33H61NO7/c1-6-8-9-10-11-12-13-14-15-16-17-18-19-20-21-22-23-24-32(36)41-29(28-40-31(35)7-2)27-39-26-25-30(33(37)38)34(3,4)5/h14-15,29-30H,6-13,16-28H2,1-5H3/p+1/b15-14-. The third kappa shape index (κ3) is 24.4. The van der Waals surface area contributed by atoms with E-state index in [1.54, 1.807) is 6.92 Å². The van der Waals surface area contributed by atoms with Crippen LogP contribution in [0.25, 0.3) is 0 Å². The zero-order chi connectivity index (χ0) is 30.8. The van der Waals surface area contributed by atoms with Crippen LogP contribution in [0.4, 0.5) is 0 Å². The minimum atomic E-state index is -0.882. The van der Waals surface area contributed by atoms with E-state index in [-0.39, 0.29) is 42.7 Å². The van der Waals surface area contributed by atoms with Gasteiger partial charge in [0.2, 0.25) is 0 Å². The van der Waals surface area contributed by atoms with Gasteiger partial charge in [0.15, 0.2) is 12.1 Å². The van der Waals surface area contributed by atoms with Gasteiger partial charge in [-0.1, -0.05) is 90.2 Å². The second-order valence-corrected chi connectivity index (χ2v) is 12.0. The van der Waals surface area contributed by atoms with Crippen molar-refractivity contribution < 1.29 is 38.2 Å². The van der Waals surface area contributed by atoms with E-state index in [1.807, 2.05) is 21.1 Å². The molecular formula is C33H62NO7+. The molecule has 1 N–H and O–H groups in total. The van der Waals surface area contributed by atoms with Crippen LogP contribution in [0.5, 0.6) is 0 Å². The van der Waals surface area contributed by atoms with Crippen molar-refractivity contribution in [3.05, 3.63) is 12.2 Å². The van der Waals surface area contributed by atoms with Gasteiger partial charge < -0.3 is 23.8 Å². The fourth-order valence-corrected chi connectivity index (χ4v) is 4.59. The molecule has 0 saturated carbocycles. The zero-order valence-corrected chi connectivity index (χ0v) is 27.0. The fraction of sp³-hybridized carbons (Fsp3) is 0.848. The second kappa shape index (κ2) is 25.8. The molecule has 0 radical (unpaired) electrons. The number of unbranched alkanes of at least 4 members (excludes halogenated alkanes) is 13. The average Bonchev–Trinajstić information content (AvgIpc) is 2.91. The van der Waals surface area contributed by atoms with Crippen LogP contribution in [0.1, 0.15) is 129 Å². The first-order valence-electron chi connectivity index (χ1n) is 16.2. The van der Waals surface area contributed by atoms with E-state index in [0.717, 1.165) is 19.3 Å². The maximum absolute atomic E-state index is 12.4.